The molecular weight excluding hydrogens is 430 g/mol. The van der Waals surface area contributed by atoms with Gasteiger partial charge in [0.1, 0.15) is 0 Å². The van der Waals surface area contributed by atoms with Crippen molar-refractivity contribution < 1.29 is 0 Å². The highest BCUT2D eigenvalue weighted by molar-refractivity contribution is 7.21. The second kappa shape index (κ2) is 7.85. The smallest absolute Gasteiger partial charge is 0.0975 e. The zero-order valence-corrected chi connectivity index (χ0v) is 20.3. The summed E-state index contributed by atoms with van der Waals surface area (Å²) < 4.78 is 0. The summed E-state index contributed by atoms with van der Waals surface area (Å²) in [6.45, 7) is 3.31. The molecule has 0 radical (unpaired) electrons. The molecule has 2 aliphatic rings. The molecule has 0 saturated heterocycles. The van der Waals surface area contributed by atoms with Crippen LogP contribution in [0, 0.1) is 0 Å². The van der Waals surface area contributed by atoms with E-state index >= 15 is 0 Å². The van der Waals surface area contributed by atoms with Gasteiger partial charge in [0.2, 0.25) is 0 Å². The number of rotatable bonds is 7. The van der Waals surface area contributed by atoms with Gasteiger partial charge in [0.25, 0.3) is 0 Å². The molecule has 1 heterocycles. The number of hydrogen-bond acceptors (Lipinski definition) is 2. The topological polar surface area (TPSA) is 12.0 Å². The second-order valence-electron chi connectivity index (χ2n) is 9.48. The minimum Gasteiger partial charge on any atom is -0.376 e. The van der Waals surface area contributed by atoms with Crippen LogP contribution in [0.2, 0.25) is 0 Å². The molecule has 0 bridgehead atoms. The fraction of sp³-hybridized carbons (Fsp3) is 0.188. The Bertz CT molecular complexity index is 1530. The summed E-state index contributed by atoms with van der Waals surface area (Å²) in [4.78, 5) is 1.38. The quantitative estimate of drug-likeness (QED) is 0.235. The molecule has 0 spiro atoms. The summed E-state index contributed by atoms with van der Waals surface area (Å²) in [5.74, 6) is 0. The van der Waals surface area contributed by atoms with Crippen molar-refractivity contribution >= 4 is 27.1 Å². The van der Waals surface area contributed by atoms with Crippen LogP contribution in [0.25, 0.3) is 65.7 Å². The van der Waals surface area contributed by atoms with Gasteiger partial charge in [-0.05, 0) is 56.1 Å². The number of benzene rings is 4. The lowest BCUT2D eigenvalue weighted by molar-refractivity contribution is 0.685. The lowest BCUT2D eigenvalue weighted by Gasteiger charge is -2.09. The van der Waals surface area contributed by atoms with E-state index in [-0.39, 0.29) is 0 Å². The van der Waals surface area contributed by atoms with Gasteiger partial charge < -0.3 is 5.32 Å². The normalized spacial score (nSPS) is 12.3. The van der Waals surface area contributed by atoms with Crippen molar-refractivity contribution in [3.63, 3.8) is 0 Å². The second-order valence-corrected chi connectivity index (χ2v) is 10.5. The first kappa shape index (κ1) is 20.1. The van der Waals surface area contributed by atoms with Crippen molar-refractivity contribution in [2.45, 2.75) is 32.6 Å². The third kappa shape index (κ3) is 2.78. The fourth-order valence-corrected chi connectivity index (χ4v) is 7.19. The van der Waals surface area contributed by atoms with Gasteiger partial charge in [-0.15, -0.1) is 11.3 Å². The molecule has 0 unspecified atom stereocenters. The van der Waals surface area contributed by atoms with Crippen LogP contribution in [0.3, 0.4) is 0 Å². The molecule has 0 amide bonds. The standard InChI is InChI=1S/C32H27NS/c1-2-3-4-10-19-33-32-30-26-18-16-24-22-14-9-8-13-21(22)23-15-17-25(28(26)27(23)24)29(30)31(34-32)20-11-6-5-7-12-20/h5-9,11-18,33H,2-4,10,19H2,1H3. The number of thiophene rings is 1. The third-order valence-corrected chi connectivity index (χ3v) is 8.66. The molecule has 0 aliphatic heterocycles. The summed E-state index contributed by atoms with van der Waals surface area (Å²) in [5, 5.41) is 8.06. The van der Waals surface area contributed by atoms with E-state index in [1.807, 2.05) is 11.3 Å². The largest absolute Gasteiger partial charge is 0.376 e. The monoisotopic (exact) mass is 457 g/mol. The zero-order valence-electron chi connectivity index (χ0n) is 19.4. The summed E-state index contributed by atoms with van der Waals surface area (Å²) in [6, 6.07) is 29.3. The highest BCUT2D eigenvalue weighted by atomic mass is 32.1. The van der Waals surface area contributed by atoms with E-state index in [9.17, 15) is 0 Å². The maximum absolute atomic E-state index is 3.85. The van der Waals surface area contributed by atoms with Gasteiger partial charge in [0, 0.05) is 22.5 Å². The van der Waals surface area contributed by atoms with E-state index in [1.165, 1.54) is 96.4 Å². The van der Waals surface area contributed by atoms with E-state index in [4.69, 9.17) is 0 Å². The Hall–Kier alpha value is -3.36. The van der Waals surface area contributed by atoms with E-state index in [0.717, 1.165) is 6.54 Å². The number of unbranched alkanes of at least 4 members (excludes halogenated alkanes) is 3. The third-order valence-electron chi connectivity index (χ3n) is 7.47. The van der Waals surface area contributed by atoms with Crippen molar-refractivity contribution in [3.8, 4) is 54.9 Å². The maximum atomic E-state index is 3.85. The lowest BCUT2D eigenvalue weighted by Crippen LogP contribution is -2.00. The molecule has 166 valence electrons. The Morgan fingerprint density at radius 1 is 0.588 bits per heavy atom. The van der Waals surface area contributed by atoms with E-state index < -0.39 is 0 Å². The van der Waals surface area contributed by atoms with Crippen LogP contribution < -0.4 is 5.32 Å². The highest BCUT2D eigenvalue weighted by Crippen LogP contribution is 2.61. The van der Waals surface area contributed by atoms with Crippen molar-refractivity contribution in [3.05, 3.63) is 78.9 Å². The molecule has 0 saturated carbocycles. The molecular formula is C32H27NS. The van der Waals surface area contributed by atoms with E-state index in [1.54, 1.807) is 0 Å². The molecule has 5 aromatic rings. The van der Waals surface area contributed by atoms with Crippen LogP contribution in [0.15, 0.2) is 78.9 Å². The number of hydrogen-bond donors (Lipinski definition) is 1. The molecule has 0 atom stereocenters. The maximum Gasteiger partial charge on any atom is 0.0975 e. The molecule has 7 rings (SSSR count). The first-order chi connectivity index (χ1) is 16.9. The first-order valence-electron chi connectivity index (χ1n) is 12.5. The predicted molar refractivity (Wildman–Crippen MR) is 149 cm³/mol. The van der Waals surface area contributed by atoms with Gasteiger partial charge >= 0.3 is 0 Å². The molecule has 1 aromatic heterocycles. The summed E-state index contributed by atoms with van der Waals surface area (Å²) >= 11 is 1.93. The number of nitrogens with one attached hydrogen (secondary N) is 1. The van der Waals surface area contributed by atoms with E-state index in [2.05, 4.69) is 91.1 Å². The van der Waals surface area contributed by atoms with E-state index in [0.29, 0.717) is 0 Å². The van der Waals surface area contributed by atoms with Gasteiger partial charge in [-0.3, -0.25) is 0 Å². The van der Waals surface area contributed by atoms with Crippen LogP contribution in [0.1, 0.15) is 32.6 Å². The van der Waals surface area contributed by atoms with Crippen molar-refractivity contribution in [2.75, 3.05) is 11.9 Å². The van der Waals surface area contributed by atoms with Gasteiger partial charge in [0.15, 0.2) is 0 Å². The van der Waals surface area contributed by atoms with Crippen LogP contribution >= 0.6 is 11.3 Å². The number of fused-ring (bicyclic) bond motifs is 6. The molecule has 0 fully saturated rings. The minimum absolute atomic E-state index is 1.04. The Morgan fingerprint density at radius 3 is 1.91 bits per heavy atom. The average Bonchev–Trinajstić information content (AvgIpc) is 3.52. The Morgan fingerprint density at radius 2 is 1.21 bits per heavy atom. The minimum atomic E-state index is 1.04. The SMILES string of the molecule is CCCCCCNc1sc(-c2ccccc2)c2c1-c1ccc3c4c(ccc-2c14)-c1ccccc1-3. The van der Waals surface area contributed by atoms with Crippen LogP contribution in [-0.4, -0.2) is 6.54 Å². The summed E-state index contributed by atoms with van der Waals surface area (Å²) in [7, 11) is 0. The first-order valence-corrected chi connectivity index (χ1v) is 13.3. The Labute approximate surface area is 205 Å². The van der Waals surface area contributed by atoms with Crippen LogP contribution in [0.4, 0.5) is 5.00 Å². The Kier molecular flexibility index (Phi) is 4.63. The molecule has 2 heteroatoms. The lowest BCUT2D eigenvalue weighted by atomic mass is 9.97. The van der Waals surface area contributed by atoms with Crippen molar-refractivity contribution in [2.24, 2.45) is 0 Å². The molecule has 4 aromatic carbocycles. The van der Waals surface area contributed by atoms with Gasteiger partial charge in [-0.1, -0.05) is 105 Å². The molecule has 34 heavy (non-hydrogen) atoms. The Balaban J connectivity index is 1.43. The number of anilines is 1. The highest BCUT2D eigenvalue weighted by Gasteiger charge is 2.33. The molecule has 2 aliphatic carbocycles. The van der Waals surface area contributed by atoms with Crippen molar-refractivity contribution in [1.82, 2.24) is 0 Å². The zero-order chi connectivity index (χ0) is 22.6. The van der Waals surface area contributed by atoms with Gasteiger partial charge in [0.05, 0.1) is 5.00 Å². The van der Waals surface area contributed by atoms with Gasteiger partial charge in [-0.25, -0.2) is 0 Å². The average molecular weight is 458 g/mol. The predicted octanol–water partition coefficient (Wildman–Crippen LogP) is 9.86. The van der Waals surface area contributed by atoms with Crippen molar-refractivity contribution in [1.29, 1.82) is 0 Å². The molecule has 1 nitrogen and oxygen atoms in total. The summed E-state index contributed by atoms with van der Waals surface area (Å²) in [6.07, 6.45) is 5.11. The summed E-state index contributed by atoms with van der Waals surface area (Å²) in [5.41, 5.74) is 12.4. The molecule has 1 N–H and O–H groups in total. The van der Waals surface area contributed by atoms with Gasteiger partial charge in [-0.2, -0.15) is 0 Å². The fourth-order valence-electron chi connectivity index (χ4n) is 5.93. The van der Waals surface area contributed by atoms with Crippen LogP contribution in [-0.2, 0) is 0 Å². The van der Waals surface area contributed by atoms with Crippen LogP contribution in [0.5, 0.6) is 0 Å².